The lowest BCUT2D eigenvalue weighted by molar-refractivity contribution is 0.311. The number of benzene rings is 2. The zero-order valence-electron chi connectivity index (χ0n) is 12.9. The highest BCUT2D eigenvalue weighted by molar-refractivity contribution is 7.99. The van der Waals surface area contributed by atoms with Crippen molar-refractivity contribution in [3.8, 4) is 11.5 Å². The van der Waals surface area contributed by atoms with Gasteiger partial charge in [-0.1, -0.05) is 17.8 Å². The summed E-state index contributed by atoms with van der Waals surface area (Å²) in [5.41, 5.74) is 7.38. The van der Waals surface area contributed by atoms with Gasteiger partial charge in [-0.05, 0) is 31.2 Å². The molecule has 0 radical (unpaired) electrons. The van der Waals surface area contributed by atoms with Crippen LogP contribution < -0.4 is 15.2 Å². The van der Waals surface area contributed by atoms with E-state index in [1.165, 1.54) is 0 Å². The van der Waals surface area contributed by atoms with Crippen molar-refractivity contribution >= 4 is 28.4 Å². The van der Waals surface area contributed by atoms with Crippen molar-refractivity contribution in [3.05, 3.63) is 42.7 Å². The molecule has 0 amide bonds. The lowest BCUT2D eigenvalue weighted by Crippen LogP contribution is -1.97. The van der Waals surface area contributed by atoms with Crippen LogP contribution >= 0.6 is 11.8 Å². The molecular weight excluding hydrogens is 310 g/mol. The molecule has 2 N–H and O–H groups in total. The molecule has 5 nitrogen and oxygen atoms in total. The van der Waals surface area contributed by atoms with Gasteiger partial charge in [0.25, 0.3) is 0 Å². The van der Waals surface area contributed by atoms with Crippen LogP contribution in [0, 0.1) is 0 Å². The quantitative estimate of drug-likeness (QED) is 0.568. The molecule has 23 heavy (non-hydrogen) atoms. The highest BCUT2D eigenvalue weighted by Gasteiger charge is 2.12. The molecule has 1 heterocycles. The SMILES string of the molecule is CCOc1cc2ncnc(Sc3cccc(N)c3)c2cc1OC. The fraction of sp³-hybridized carbons (Fsp3) is 0.176. The van der Waals surface area contributed by atoms with E-state index in [0.717, 1.165) is 26.5 Å². The third kappa shape index (κ3) is 3.32. The number of hydrogen-bond acceptors (Lipinski definition) is 6. The Morgan fingerprint density at radius 2 is 2.00 bits per heavy atom. The first-order valence-corrected chi connectivity index (χ1v) is 8.02. The van der Waals surface area contributed by atoms with E-state index in [1.54, 1.807) is 25.2 Å². The van der Waals surface area contributed by atoms with E-state index in [1.807, 2.05) is 43.3 Å². The highest BCUT2D eigenvalue weighted by Crippen LogP contribution is 2.37. The molecule has 2 aromatic carbocycles. The maximum absolute atomic E-state index is 5.84. The molecule has 0 aliphatic carbocycles. The minimum absolute atomic E-state index is 0.567. The van der Waals surface area contributed by atoms with E-state index in [9.17, 15) is 0 Å². The fourth-order valence-electron chi connectivity index (χ4n) is 2.24. The van der Waals surface area contributed by atoms with E-state index >= 15 is 0 Å². The number of nitrogens with two attached hydrogens (primary N) is 1. The number of methoxy groups -OCH3 is 1. The van der Waals surface area contributed by atoms with Gasteiger partial charge in [-0.15, -0.1) is 0 Å². The van der Waals surface area contributed by atoms with E-state index < -0.39 is 0 Å². The number of aromatic nitrogens is 2. The summed E-state index contributed by atoms with van der Waals surface area (Å²) < 4.78 is 11.0. The molecule has 0 saturated heterocycles. The molecule has 0 fully saturated rings. The highest BCUT2D eigenvalue weighted by atomic mass is 32.2. The second-order valence-electron chi connectivity index (χ2n) is 4.81. The Morgan fingerprint density at radius 3 is 2.74 bits per heavy atom. The standard InChI is InChI=1S/C17H17N3O2S/c1-3-22-16-9-14-13(8-15(16)21-2)17(20-10-19-14)23-12-6-4-5-11(18)7-12/h4-10H,3,18H2,1-2H3. The second kappa shape index (κ2) is 6.75. The predicted molar refractivity (Wildman–Crippen MR) is 92.2 cm³/mol. The number of ether oxygens (including phenoxy) is 2. The first-order chi connectivity index (χ1) is 11.2. The van der Waals surface area contributed by atoms with Gasteiger partial charge in [0.2, 0.25) is 0 Å². The normalized spacial score (nSPS) is 10.7. The van der Waals surface area contributed by atoms with Crippen molar-refractivity contribution in [3.63, 3.8) is 0 Å². The maximum atomic E-state index is 5.84. The van der Waals surface area contributed by atoms with Crippen molar-refractivity contribution < 1.29 is 9.47 Å². The smallest absolute Gasteiger partial charge is 0.163 e. The van der Waals surface area contributed by atoms with E-state index in [2.05, 4.69) is 9.97 Å². The van der Waals surface area contributed by atoms with Crippen molar-refractivity contribution in [2.24, 2.45) is 0 Å². The van der Waals surface area contributed by atoms with Gasteiger partial charge in [-0.3, -0.25) is 0 Å². The molecule has 0 atom stereocenters. The monoisotopic (exact) mass is 327 g/mol. The minimum atomic E-state index is 0.567. The van der Waals surface area contributed by atoms with Crippen LogP contribution in [0.3, 0.4) is 0 Å². The number of fused-ring (bicyclic) bond motifs is 1. The maximum Gasteiger partial charge on any atom is 0.163 e. The largest absolute Gasteiger partial charge is 0.493 e. The van der Waals surface area contributed by atoms with Gasteiger partial charge in [0.1, 0.15) is 11.4 Å². The van der Waals surface area contributed by atoms with E-state index in [4.69, 9.17) is 15.2 Å². The van der Waals surface area contributed by atoms with Crippen molar-refractivity contribution in [2.75, 3.05) is 19.5 Å². The van der Waals surface area contributed by atoms with Crippen molar-refractivity contribution in [1.82, 2.24) is 9.97 Å². The van der Waals surface area contributed by atoms with Gasteiger partial charge in [-0.2, -0.15) is 0 Å². The Labute approximate surface area is 138 Å². The van der Waals surface area contributed by atoms with Gasteiger partial charge in [-0.25, -0.2) is 9.97 Å². The molecule has 0 aliphatic heterocycles. The number of rotatable bonds is 5. The Bertz CT molecular complexity index is 839. The average molecular weight is 327 g/mol. The van der Waals surface area contributed by atoms with Gasteiger partial charge in [0.05, 0.1) is 19.2 Å². The van der Waals surface area contributed by atoms with Gasteiger partial charge in [0, 0.05) is 22.0 Å². The van der Waals surface area contributed by atoms with E-state index in [0.29, 0.717) is 18.1 Å². The molecule has 1 aromatic heterocycles. The van der Waals surface area contributed by atoms with Crippen molar-refractivity contribution in [1.29, 1.82) is 0 Å². The van der Waals surface area contributed by atoms with Crippen LogP contribution in [-0.4, -0.2) is 23.7 Å². The Hall–Kier alpha value is -2.47. The number of hydrogen-bond donors (Lipinski definition) is 1. The Kier molecular flexibility index (Phi) is 4.52. The molecule has 0 bridgehead atoms. The van der Waals surface area contributed by atoms with Crippen molar-refractivity contribution in [2.45, 2.75) is 16.8 Å². The van der Waals surface area contributed by atoms with Crippen LogP contribution in [0.1, 0.15) is 6.92 Å². The number of nitrogen functional groups attached to an aromatic ring is 1. The zero-order valence-corrected chi connectivity index (χ0v) is 13.8. The third-order valence-electron chi connectivity index (χ3n) is 3.26. The van der Waals surface area contributed by atoms with Crippen LogP contribution in [0.2, 0.25) is 0 Å². The fourth-order valence-corrected chi connectivity index (χ4v) is 3.18. The third-order valence-corrected chi connectivity index (χ3v) is 4.26. The summed E-state index contributed by atoms with van der Waals surface area (Å²) in [7, 11) is 1.62. The second-order valence-corrected chi connectivity index (χ2v) is 5.87. The predicted octanol–water partition coefficient (Wildman–Crippen LogP) is 3.77. The van der Waals surface area contributed by atoms with Gasteiger partial charge < -0.3 is 15.2 Å². The van der Waals surface area contributed by atoms with Crippen LogP contribution in [-0.2, 0) is 0 Å². The zero-order chi connectivity index (χ0) is 16.2. The number of anilines is 1. The van der Waals surface area contributed by atoms with Crippen LogP contribution in [0.5, 0.6) is 11.5 Å². The summed E-state index contributed by atoms with van der Waals surface area (Å²) in [5, 5.41) is 1.77. The summed E-state index contributed by atoms with van der Waals surface area (Å²) in [6.07, 6.45) is 1.55. The topological polar surface area (TPSA) is 70.3 Å². The van der Waals surface area contributed by atoms with Gasteiger partial charge in [0.15, 0.2) is 11.5 Å². The summed E-state index contributed by atoms with van der Waals surface area (Å²) in [4.78, 5) is 9.76. The summed E-state index contributed by atoms with van der Waals surface area (Å²) in [5.74, 6) is 1.35. The first kappa shape index (κ1) is 15.4. The summed E-state index contributed by atoms with van der Waals surface area (Å²) in [6, 6.07) is 11.5. The Morgan fingerprint density at radius 1 is 1.13 bits per heavy atom. The molecule has 0 unspecified atom stereocenters. The molecule has 6 heteroatoms. The van der Waals surface area contributed by atoms with Crippen LogP contribution in [0.4, 0.5) is 5.69 Å². The molecule has 3 rings (SSSR count). The molecule has 0 spiro atoms. The molecular formula is C17H17N3O2S. The minimum Gasteiger partial charge on any atom is -0.493 e. The average Bonchev–Trinajstić information content (AvgIpc) is 2.55. The molecule has 0 saturated carbocycles. The van der Waals surface area contributed by atoms with Gasteiger partial charge >= 0.3 is 0 Å². The van der Waals surface area contributed by atoms with E-state index in [-0.39, 0.29) is 0 Å². The lowest BCUT2D eigenvalue weighted by atomic mass is 10.2. The summed E-state index contributed by atoms with van der Waals surface area (Å²) in [6.45, 7) is 2.50. The van der Waals surface area contributed by atoms with Crippen LogP contribution in [0.25, 0.3) is 10.9 Å². The summed E-state index contributed by atoms with van der Waals surface area (Å²) >= 11 is 1.54. The molecule has 118 valence electrons. The lowest BCUT2D eigenvalue weighted by Gasteiger charge is -2.12. The molecule has 3 aromatic rings. The van der Waals surface area contributed by atoms with Crippen LogP contribution in [0.15, 0.2) is 52.6 Å². The molecule has 0 aliphatic rings. The Balaban J connectivity index is 2.07. The number of nitrogens with zero attached hydrogens (tertiary/aromatic N) is 2. The first-order valence-electron chi connectivity index (χ1n) is 7.20.